The number of nitrogens with zero attached hydrogens (tertiary/aromatic N) is 3. The molecule has 29 heavy (non-hydrogen) atoms. The minimum atomic E-state index is -4.38. The maximum absolute atomic E-state index is 12.8. The third-order valence-corrected chi connectivity index (χ3v) is 4.24. The van der Waals surface area contributed by atoms with Gasteiger partial charge in [-0.3, -0.25) is 5.10 Å². The fourth-order valence-electron chi connectivity index (χ4n) is 2.85. The van der Waals surface area contributed by atoms with E-state index in [1.165, 1.54) is 12.1 Å². The number of aryl methyl sites for hydroxylation is 1. The van der Waals surface area contributed by atoms with Gasteiger partial charge in [-0.25, -0.2) is 9.97 Å². The van der Waals surface area contributed by atoms with E-state index in [9.17, 15) is 13.2 Å². The van der Waals surface area contributed by atoms with Crippen LogP contribution in [0.4, 0.5) is 24.8 Å². The summed E-state index contributed by atoms with van der Waals surface area (Å²) in [7, 11) is 0. The molecule has 0 unspecified atom stereocenters. The lowest BCUT2D eigenvalue weighted by molar-refractivity contribution is -0.137. The molecule has 4 rings (SSSR count). The molecule has 0 aliphatic heterocycles. The highest BCUT2D eigenvalue weighted by Gasteiger charge is 2.30. The molecule has 0 aliphatic carbocycles. The third-order valence-electron chi connectivity index (χ3n) is 4.24. The summed E-state index contributed by atoms with van der Waals surface area (Å²) in [4.78, 5) is 8.75. The summed E-state index contributed by atoms with van der Waals surface area (Å²) in [6.45, 7) is 1.79. The highest BCUT2D eigenvalue weighted by atomic mass is 19.4. The van der Waals surface area contributed by atoms with Gasteiger partial charge < -0.3 is 5.32 Å². The van der Waals surface area contributed by atoms with Gasteiger partial charge in [0.15, 0.2) is 11.6 Å². The minimum absolute atomic E-state index is 0.333. The fourth-order valence-corrected chi connectivity index (χ4v) is 2.85. The molecule has 0 fully saturated rings. The van der Waals surface area contributed by atoms with Crippen LogP contribution in [0.5, 0.6) is 0 Å². The van der Waals surface area contributed by atoms with Gasteiger partial charge in [0.05, 0.1) is 11.3 Å². The number of H-pyrrole nitrogens is 1. The molecular weight excluding hydrogens is 379 g/mol. The number of rotatable bonds is 4. The van der Waals surface area contributed by atoms with Crippen LogP contribution in [0.15, 0.2) is 66.7 Å². The predicted octanol–water partition coefficient (Wildman–Crippen LogP) is 5.60. The number of halogens is 3. The zero-order valence-corrected chi connectivity index (χ0v) is 15.3. The molecule has 5 nitrogen and oxygen atoms in total. The molecule has 0 saturated heterocycles. The Balaban J connectivity index is 1.58. The maximum Gasteiger partial charge on any atom is 0.416 e. The molecule has 0 amide bonds. The lowest BCUT2D eigenvalue weighted by atomic mass is 10.1. The Morgan fingerprint density at radius 2 is 1.55 bits per heavy atom. The molecule has 0 aliphatic rings. The summed E-state index contributed by atoms with van der Waals surface area (Å²) in [5, 5.41) is 10.3. The van der Waals surface area contributed by atoms with E-state index in [1.807, 2.05) is 36.4 Å². The van der Waals surface area contributed by atoms with E-state index < -0.39 is 11.7 Å². The molecule has 4 aromatic rings. The van der Waals surface area contributed by atoms with Crippen LogP contribution < -0.4 is 5.32 Å². The van der Waals surface area contributed by atoms with Crippen LogP contribution in [0.3, 0.4) is 0 Å². The number of hydrogen-bond donors (Lipinski definition) is 2. The van der Waals surface area contributed by atoms with E-state index in [2.05, 4.69) is 25.5 Å². The predicted molar refractivity (Wildman–Crippen MR) is 105 cm³/mol. The first-order valence-electron chi connectivity index (χ1n) is 8.80. The van der Waals surface area contributed by atoms with Crippen molar-refractivity contribution in [1.29, 1.82) is 0 Å². The second kappa shape index (κ2) is 7.38. The minimum Gasteiger partial charge on any atom is -0.323 e. The lowest BCUT2D eigenvalue weighted by Crippen LogP contribution is -2.04. The number of benzene rings is 2. The van der Waals surface area contributed by atoms with Crippen molar-refractivity contribution in [2.45, 2.75) is 13.1 Å². The van der Waals surface area contributed by atoms with Crippen molar-refractivity contribution in [3.63, 3.8) is 0 Å². The van der Waals surface area contributed by atoms with Crippen molar-refractivity contribution >= 4 is 11.6 Å². The SMILES string of the molecule is Cc1cc(Nc2cc(-c3ccccc3)[nH]n2)nc(-c2ccc(C(F)(F)F)cc2)n1. The molecular formula is C21H16F3N5. The summed E-state index contributed by atoms with van der Waals surface area (Å²) in [5.74, 6) is 1.40. The van der Waals surface area contributed by atoms with Gasteiger partial charge in [-0.15, -0.1) is 0 Å². The smallest absolute Gasteiger partial charge is 0.323 e. The van der Waals surface area contributed by atoms with Gasteiger partial charge in [-0.2, -0.15) is 18.3 Å². The second-order valence-electron chi connectivity index (χ2n) is 6.45. The lowest BCUT2D eigenvalue weighted by Gasteiger charge is -2.09. The molecule has 0 radical (unpaired) electrons. The maximum atomic E-state index is 12.8. The third kappa shape index (κ3) is 4.26. The van der Waals surface area contributed by atoms with Gasteiger partial charge in [0, 0.05) is 23.4 Å². The average Bonchev–Trinajstić information content (AvgIpc) is 3.16. The van der Waals surface area contributed by atoms with Gasteiger partial charge in [0.2, 0.25) is 0 Å². The van der Waals surface area contributed by atoms with Gasteiger partial charge in [0.1, 0.15) is 5.82 Å². The fraction of sp³-hybridized carbons (Fsp3) is 0.0952. The molecule has 146 valence electrons. The zero-order chi connectivity index (χ0) is 20.4. The van der Waals surface area contributed by atoms with Crippen LogP contribution in [0.25, 0.3) is 22.6 Å². The van der Waals surface area contributed by atoms with Crippen LogP contribution in [-0.2, 0) is 6.18 Å². The van der Waals surface area contributed by atoms with Gasteiger partial charge in [0.25, 0.3) is 0 Å². The normalized spacial score (nSPS) is 11.4. The van der Waals surface area contributed by atoms with Gasteiger partial charge in [-0.05, 0) is 24.6 Å². The summed E-state index contributed by atoms with van der Waals surface area (Å²) >= 11 is 0. The molecule has 0 spiro atoms. The van der Waals surface area contributed by atoms with E-state index in [-0.39, 0.29) is 0 Å². The summed E-state index contributed by atoms with van der Waals surface area (Å²) in [6, 6.07) is 18.1. The summed E-state index contributed by atoms with van der Waals surface area (Å²) in [5.41, 5.74) is 2.31. The van der Waals surface area contributed by atoms with Crippen molar-refractivity contribution in [3.8, 4) is 22.6 Å². The second-order valence-corrected chi connectivity index (χ2v) is 6.45. The highest BCUT2D eigenvalue weighted by molar-refractivity contribution is 5.66. The van der Waals surface area contributed by atoms with E-state index >= 15 is 0 Å². The number of alkyl halides is 3. The van der Waals surface area contributed by atoms with E-state index in [0.29, 0.717) is 28.7 Å². The van der Waals surface area contributed by atoms with Crippen LogP contribution in [0.1, 0.15) is 11.3 Å². The average molecular weight is 395 g/mol. The Hall–Kier alpha value is -3.68. The Morgan fingerprint density at radius 1 is 0.828 bits per heavy atom. The van der Waals surface area contributed by atoms with Crippen LogP contribution in [-0.4, -0.2) is 20.2 Å². The first-order valence-corrected chi connectivity index (χ1v) is 8.80. The van der Waals surface area contributed by atoms with E-state index in [1.54, 1.807) is 13.0 Å². The number of aromatic nitrogens is 4. The van der Waals surface area contributed by atoms with Gasteiger partial charge in [-0.1, -0.05) is 42.5 Å². The van der Waals surface area contributed by atoms with Gasteiger partial charge >= 0.3 is 6.18 Å². The van der Waals surface area contributed by atoms with Crippen LogP contribution in [0, 0.1) is 6.92 Å². The van der Waals surface area contributed by atoms with Crippen LogP contribution in [0.2, 0.25) is 0 Å². The van der Waals surface area contributed by atoms with Crippen molar-refractivity contribution < 1.29 is 13.2 Å². The molecule has 2 heterocycles. The Kier molecular flexibility index (Phi) is 4.75. The molecule has 8 heteroatoms. The monoisotopic (exact) mass is 395 g/mol. The van der Waals surface area contributed by atoms with E-state index in [4.69, 9.17) is 0 Å². The quantitative estimate of drug-likeness (QED) is 0.472. The van der Waals surface area contributed by atoms with Crippen molar-refractivity contribution in [2.24, 2.45) is 0 Å². The molecule has 2 aromatic heterocycles. The Bertz CT molecular complexity index is 1120. The summed E-state index contributed by atoms with van der Waals surface area (Å²) < 4.78 is 38.3. The molecule has 2 N–H and O–H groups in total. The molecule has 0 atom stereocenters. The molecule has 0 saturated carbocycles. The Morgan fingerprint density at radius 3 is 2.24 bits per heavy atom. The first kappa shape index (κ1) is 18.7. The van der Waals surface area contributed by atoms with E-state index in [0.717, 1.165) is 23.4 Å². The van der Waals surface area contributed by atoms with Crippen molar-refractivity contribution in [3.05, 3.63) is 78.0 Å². The first-order chi connectivity index (χ1) is 13.9. The molecule has 2 aromatic carbocycles. The van der Waals surface area contributed by atoms with Crippen molar-refractivity contribution in [1.82, 2.24) is 20.2 Å². The number of nitrogens with one attached hydrogen (secondary N) is 2. The van der Waals surface area contributed by atoms with Crippen LogP contribution >= 0.6 is 0 Å². The Labute approximate surface area is 164 Å². The number of hydrogen-bond acceptors (Lipinski definition) is 4. The highest BCUT2D eigenvalue weighted by Crippen LogP contribution is 2.30. The number of anilines is 2. The number of aromatic amines is 1. The zero-order valence-electron chi connectivity index (χ0n) is 15.3. The molecule has 0 bridgehead atoms. The largest absolute Gasteiger partial charge is 0.416 e. The topological polar surface area (TPSA) is 66.5 Å². The summed E-state index contributed by atoms with van der Waals surface area (Å²) in [6.07, 6.45) is -4.38. The van der Waals surface area contributed by atoms with Crippen molar-refractivity contribution in [2.75, 3.05) is 5.32 Å². The standard InChI is InChI=1S/C21H16F3N5/c1-13-11-18(26-19-12-17(28-29-19)14-5-3-2-4-6-14)27-20(25-13)15-7-9-16(10-8-15)21(22,23)24/h2-12H,1H3,(H2,25,26,27,28,29).